The van der Waals surface area contributed by atoms with Crippen LogP contribution in [0.4, 0.5) is 0 Å². The molecule has 0 radical (unpaired) electrons. The molecule has 3 aromatic rings. The van der Waals surface area contributed by atoms with Crippen LogP contribution in [0.15, 0.2) is 54.6 Å². The van der Waals surface area contributed by atoms with E-state index in [0.717, 1.165) is 28.3 Å². The first kappa shape index (κ1) is 17.2. The number of benzene rings is 2. The van der Waals surface area contributed by atoms with Crippen molar-refractivity contribution in [2.24, 2.45) is 12.8 Å². The van der Waals surface area contributed by atoms with Gasteiger partial charge in [0.1, 0.15) is 5.75 Å². The Kier molecular flexibility index (Phi) is 5.19. The second-order valence-corrected chi connectivity index (χ2v) is 6.21. The Morgan fingerprint density at radius 3 is 2.56 bits per heavy atom. The fourth-order valence-corrected chi connectivity index (χ4v) is 3.19. The zero-order valence-electron chi connectivity index (χ0n) is 15.1. The lowest BCUT2D eigenvalue weighted by Crippen LogP contribution is -2.18. The molecular weight excluding hydrogens is 310 g/mol. The van der Waals surface area contributed by atoms with E-state index in [2.05, 4.69) is 37.3 Å². The van der Waals surface area contributed by atoms with E-state index >= 15 is 0 Å². The molecule has 0 saturated carbocycles. The highest BCUT2D eigenvalue weighted by Gasteiger charge is 2.22. The minimum atomic E-state index is 0.0383. The second-order valence-electron chi connectivity index (χ2n) is 6.21. The van der Waals surface area contributed by atoms with Crippen molar-refractivity contribution in [2.45, 2.75) is 19.8 Å². The highest BCUT2D eigenvalue weighted by Crippen LogP contribution is 2.33. The van der Waals surface area contributed by atoms with E-state index in [9.17, 15) is 0 Å². The molecule has 4 heteroatoms. The molecule has 0 fully saturated rings. The van der Waals surface area contributed by atoms with Crippen molar-refractivity contribution >= 4 is 0 Å². The first-order chi connectivity index (χ1) is 12.1. The Morgan fingerprint density at radius 2 is 1.88 bits per heavy atom. The summed E-state index contributed by atoms with van der Waals surface area (Å²) >= 11 is 0. The number of nitrogens with zero attached hydrogens (tertiary/aromatic N) is 2. The lowest BCUT2D eigenvalue weighted by molar-refractivity contribution is 0.335. The van der Waals surface area contributed by atoms with Crippen molar-refractivity contribution in [3.05, 3.63) is 71.4 Å². The van der Waals surface area contributed by atoms with Gasteiger partial charge in [0.15, 0.2) is 0 Å². The molecule has 1 aromatic heterocycles. The maximum Gasteiger partial charge on any atom is 0.123 e. The van der Waals surface area contributed by atoms with Gasteiger partial charge in [0.25, 0.3) is 0 Å². The molecule has 0 aliphatic carbocycles. The highest BCUT2D eigenvalue weighted by atomic mass is 16.5. The van der Waals surface area contributed by atoms with Gasteiger partial charge in [-0.25, -0.2) is 0 Å². The number of aryl methyl sites for hydroxylation is 2. The van der Waals surface area contributed by atoms with Gasteiger partial charge in [-0.3, -0.25) is 4.68 Å². The number of rotatable bonds is 6. The third kappa shape index (κ3) is 3.59. The number of hydrogen-bond acceptors (Lipinski definition) is 3. The molecule has 130 valence electrons. The van der Waals surface area contributed by atoms with Crippen molar-refractivity contribution in [2.75, 3.05) is 13.2 Å². The first-order valence-electron chi connectivity index (χ1n) is 8.66. The van der Waals surface area contributed by atoms with Gasteiger partial charge in [0, 0.05) is 36.3 Å². The van der Waals surface area contributed by atoms with E-state index in [4.69, 9.17) is 15.6 Å². The zero-order chi connectivity index (χ0) is 17.8. The van der Waals surface area contributed by atoms with Crippen LogP contribution in [0, 0.1) is 6.92 Å². The smallest absolute Gasteiger partial charge is 0.123 e. The van der Waals surface area contributed by atoms with Gasteiger partial charge in [-0.1, -0.05) is 48.0 Å². The Hall–Kier alpha value is -2.59. The predicted octanol–water partition coefficient (Wildman–Crippen LogP) is 3.88. The maximum absolute atomic E-state index is 6.17. The average Bonchev–Trinajstić information content (AvgIpc) is 3.01. The van der Waals surface area contributed by atoms with Crippen LogP contribution in [0.2, 0.25) is 0 Å². The lowest BCUT2D eigenvalue weighted by atomic mass is 9.93. The summed E-state index contributed by atoms with van der Waals surface area (Å²) in [6.07, 6.45) is 0. The van der Waals surface area contributed by atoms with Crippen molar-refractivity contribution in [1.29, 1.82) is 0 Å². The van der Waals surface area contributed by atoms with E-state index in [1.54, 1.807) is 0 Å². The van der Waals surface area contributed by atoms with E-state index < -0.39 is 0 Å². The van der Waals surface area contributed by atoms with E-state index in [-0.39, 0.29) is 5.92 Å². The summed E-state index contributed by atoms with van der Waals surface area (Å²) in [6.45, 7) is 5.22. The van der Waals surface area contributed by atoms with Crippen molar-refractivity contribution in [3.63, 3.8) is 0 Å². The summed E-state index contributed by atoms with van der Waals surface area (Å²) in [5.74, 6) is 0.933. The molecule has 2 aromatic carbocycles. The van der Waals surface area contributed by atoms with Crippen LogP contribution >= 0.6 is 0 Å². The van der Waals surface area contributed by atoms with Crippen LogP contribution in [0.25, 0.3) is 11.3 Å². The summed E-state index contributed by atoms with van der Waals surface area (Å²) < 4.78 is 7.77. The van der Waals surface area contributed by atoms with Crippen molar-refractivity contribution in [1.82, 2.24) is 9.78 Å². The predicted molar refractivity (Wildman–Crippen MR) is 102 cm³/mol. The minimum absolute atomic E-state index is 0.0383. The molecule has 4 nitrogen and oxygen atoms in total. The molecule has 3 rings (SSSR count). The summed E-state index contributed by atoms with van der Waals surface area (Å²) in [5.41, 5.74) is 11.6. The monoisotopic (exact) mass is 335 g/mol. The van der Waals surface area contributed by atoms with Crippen molar-refractivity contribution in [3.8, 4) is 17.0 Å². The largest absolute Gasteiger partial charge is 0.494 e. The van der Waals surface area contributed by atoms with Crippen LogP contribution in [-0.2, 0) is 7.05 Å². The molecule has 0 saturated heterocycles. The number of aromatic nitrogens is 2. The molecule has 2 N–H and O–H groups in total. The Bertz CT molecular complexity index is 840. The standard InChI is InChI=1S/C21H25N3O/c1-4-25-21-11-10-15(2)12-17(21)18(14-22)20-13-19(23-24(20)3)16-8-6-5-7-9-16/h5-13,18H,4,14,22H2,1-3H3. The normalized spacial score (nSPS) is 12.2. The minimum Gasteiger partial charge on any atom is -0.494 e. The summed E-state index contributed by atoms with van der Waals surface area (Å²) in [4.78, 5) is 0. The van der Waals surface area contributed by atoms with Crippen LogP contribution in [-0.4, -0.2) is 22.9 Å². The number of hydrogen-bond donors (Lipinski definition) is 1. The van der Waals surface area contributed by atoms with Gasteiger partial charge in [0.05, 0.1) is 12.3 Å². The summed E-state index contributed by atoms with van der Waals surface area (Å²) in [7, 11) is 1.97. The fourth-order valence-electron chi connectivity index (χ4n) is 3.19. The number of nitrogens with two attached hydrogens (primary N) is 1. The molecule has 0 spiro atoms. The zero-order valence-corrected chi connectivity index (χ0v) is 15.1. The molecule has 0 amide bonds. The van der Waals surface area contributed by atoms with Crippen LogP contribution in [0.5, 0.6) is 5.75 Å². The molecule has 0 bridgehead atoms. The molecule has 1 heterocycles. The molecule has 0 aliphatic heterocycles. The molecular formula is C21H25N3O. The van der Waals surface area contributed by atoms with E-state index in [1.807, 2.05) is 42.9 Å². The van der Waals surface area contributed by atoms with Gasteiger partial charge >= 0.3 is 0 Å². The third-order valence-electron chi connectivity index (χ3n) is 4.42. The lowest BCUT2D eigenvalue weighted by Gasteiger charge is -2.20. The van der Waals surface area contributed by atoms with Gasteiger partial charge in [-0.2, -0.15) is 5.10 Å². The van der Waals surface area contributed by atoms with Crippen molar-refractivity contribution < 1.29 is 4.74 Å². The van der Waals surface area contributed by atoms with Crippen LogP contribution < -0.4 is 10.5 Å². The van der Waals surface area contributed by atoms with E-state index in [0.29, 0.717) is 13.2 Å². The number of ether oxygens (including phenoxy) is 1. The maximum atomic E-state index is 6.17. The topological polar surface area (TPSA) is 53.1 Å². The fraction of sp³-hybridized carbons (Fsp3) is 0.286. The molecule has 1 unspecified atom stereocenters. The molecule has 0 aliphatic rings. The quantitative estimate of drug-likeness (QED) is 0.743. The molecule has 25 heavy (non-hydrogen) atoms. The van der Waals surface area contributed by atoms with Gasteiger partial charge < -0.3 is 10.5 Å². The Balaban J connectivity index is 2.05. The average molecular weight is 335 g/mol. The van der Waals surface area contributed by atoms with E-state index in [1.165, 1.54) is 5.56 Å². The van der Waals surface area contributed by atoms with Crippen LogP contribution in [0.3, 0.4) is 0 Å². The Labute approximate surface area is 149 Å². The van der Waals surface area contributed by atoms with Gasteiger partial charge in [-0.15, -0.1) is 0 Å². The first-order valence-corrected chi connectivity index (χ1v) is 8.66. The second kappa shape index (κ2) is 7.53. The third-order valence-corrected chi connectivity index (χ3v) is 4.42. The van der Waals surface area contributed by atoms with Crippen LogP contribution in [0.1, 0.15) is 29.7 Å². The summed E-state index contributed by atoms with van der Waals surface area (Å²) in [5, 5.41) is 4.69. The summed E-state index contributed by atoms with van der Waals surface area (Å²) in [6, 6.07) is 18.6. The Morgan fingerprint density at radius 1 is 1.12 bits per heavy atom. The highest BCUT2D eigenvalue weighted by molar-refractivity contribution is 5.60. The van der Waals surface area contributed by atoms with Gasteiger partial charge in [0.2, 0.25) is 0 Å². The SMILES string of the molecule is CCOc1ccc(C)cc1C(CN)c1cc(-c2ccccc2)nn1C. The molecule has 1 atom stereocenters. The van der Waals surface area contributed by atoms with Gasteiger partial charge in [-0.05, 0) is 26.0 Å².